The molecule has 0 saturated heterocycles. The average molecular weight is 392 g/mol. The number of esters is 1. The highest BCUT2D eigenvalue weighted by molar-refractivity contribution is 14.1. The van der Waals surface area contributed by atoms with E-state index in [-0.39, 0.29) is 5.75 Å². The van der Waals surface area contributed by atoms with E-state index in [2.05, 4.69) is 6.58 Å². The lowest BCUT2D eigenvalue weighted by atomic mass is 10.1. The van der Waals surface area contributed by atoms with Crippen LogP contribution >= 0.6 is 22.6 Å². The first-order valence-corrected chi connectivity index (χ1v) is 6.91. The van der Waals surface area contributed by atoms with Gasteiger partial charge in [-0.1, -0.05) is 6.58 Å². The zero-order valence-corrected chi connectivity index (χ0v) is 14.0. The molecule has 0 radical (unpaired) electrons. The van der Waals surface area contributed by atoms with Crippen LogP contribution in [-0.2, 0) is 9.53 Å². The summed E-state index contributed by atoms with van der Waals surface area (Å²) in [7, 11) is 2.94. The molecule has 1 rings (SSSR count). The lowest BCUT2D eigenvalue weighted by Gasteiger charge is -2.19. The summed E-state index contributed by atoms with van der Waals surface area (Å²) in [6.07, 6.45) is -0.558. The van der Waals surface area contributed by atoms with E-state index in [0.717, 1.165) is 0 Å². The van der Waals surface area contributed by atoms with E-state index in [9.17, 15) is 9.90 Å². The number of benzene rings is 1. The van der Waals surface area contributed by atoms with Crippen molar-refractivity contribution in [1.29, 1.82) is 0 Å². The number of carbonyl (C=O) groups excluding carboxylic acids is 1. The molecule has 0 amide bonds. The molecule has 0 saturated carbocycles. The van der Waals surface area contributed by atoms with Gasteiger partial charge in [-0.05, 0) is 42.5 Å². The number of aromatic hydroxyl groups is 1. The fourth-order valence-electron chi connectivity index (χ4n) is 1.61. The second-order valence-electron chi connectivity index (χ2n) is 4.19. The third kappa shape index (κ3) is 3.36. The van der Waals surface area contributed by atoms with Crippen molar-refractivity contribution in [1.82, 2.24) is 0 Å². The summed E-state index contributed by atoms with van der Waals surface area (Å²) < 4.78 is 16.2. The summed E-state index contributed by atoms with van der Waals surface area (Å²) in [5.41, 5.74) is 0.928. The van der Waals surface area contributed by atoms with Gasteiger partial charge >= 0.3 is 5.97 Å². The molecule has 0 fully saturated rings. The predicted octanol–water partition coefficient (Wildman–Crippen LogP) is 3.19. The molecule has 0 bridgehead atoms. The molecule has 0 aliphatic carbocycles. The van der Waals surface area contributed by atoms with Crippen LogP contribution in [0, 0.1) is 3.57 Å². The van der Waals surface area contributed by atoms with Gasteiger partial charge in [0.25, 0.3) is 0 Å². The van der Waals surface area contributed by atoms with Gasteiger partial charge in [0.15, 0.2) is 11.5 Å². The first-order valence-electron chi connectivity index (χ1n) is 5.83. The summed E-state index contributed by atoms with van der Waals surface area (Å²) in [5.74, 6) is 0.253. The van der Waals surface area contributed by atoms with Gasteiger partial charge in [0.2, 0.25) is 0 Å². The van der Waals surface area contributed by atoms with Crippen molar-refractivity contribution in [2.24, 2.45) is 0 Å². The summed E-state index contributed by atoms with van der Waals surface area (Å²) >= 11 is 1.95. The van der Waals surface area contributed by atoms with Gasteiger partial charge < -0.3 is 19.3 Å². The lowest BCUT2D eigenvalue weighted by Crippen LogP contribution is -2.11. The van der Waals surface area contributed by atoms with Crippen molar-refractivity contribution in [2.75, 3.05) is 14.2 Å². The molecular weight excluding hydrogens is 375 g/mol. The van der Waals surface area contributed by atoms with Crippen molar-refractivity contribution < 1.29 is 24.1 Å². The summed E-state index contributed by atoms with van der Waals surface area (Å²) in [5, 5.41) is 9.95. The Kier molecular flexibility index (Phi) is 5.67. The van der Waals surface area contributed by atoms with Crippen molar-refractivity contribution in [3.05, 3.63) is 27.4 Å². The molecule has 110 valence electrons. The van der Waals surface area contributed by atoms with Gasteiger partial charge in [-0.15, -0.1) is 0 Å². The second kappa shape index (κ2) is 6.83. The van der Waals surface area contributed by atoms with Crippen molar-refractivity contribution in [2.45, 2.75) is 20.0 Å². The van der Waals surface area contributed by atoms with Crippen LogP contribution in [0.2, 0.25) is 0 Å². The summed E-state index contributed by atoms with van der Waals surface area (Å²) in [4.78, 5) is 11.6. The average Bonchev–Trinajstić information content (AvgIpc) is 2.41. The Morgan fingerprint density at radius 2 is 2.00 bits per heavy atom. The largest absolute Gasteiger partial charge is 0.503 e. The molecule has 0 aromatic heterocycles. The van der Waals surface area contributed by atoms with Crippen LogP contribution in [-0.4, -0.2) is 25.3 Å². The Labute approximate surface area is 131 Å². The molecule has 5 nitrogen and oxygen atoms in total. The van der Waals surface area contributed by atoms with Gasteiger partial charge in [0.05, 0.1) is 14.2 Å². The normalized spacial score (nSPS) is 11.7. The SMILES string of the molecule is C=C(C)C(=O)OC(C)c1cc(OC)c(O)c(I)c1OC. The molecule has 20 heavy (non-hydrogen) atoms. The van der Waals surface area contributed by atoms with Crippen molar-refractivity contribution in [3.8, 4) is 17.2 Å². The highest BCUT2D eigenvalue weighted by atomic mass is 127. The van der Waals surface area contributed by atoms with E-state index in [1.54, 1.807) is 19.9 Å². The number of phenols is 1. The van der Waals surface area contributed by atoms with Crippen LogP contribution in [0.5, 0.6) is 17.2 Å². The fourth-order valence-corrected chi connectivity index (χ4v) is 2.40. The number of ether oxygens (including phenoxy) is 3. The first-order chi connectivity index (χ1) is 9.33. The molecule has 1 atom stereocenters. The van der Waals surface area contributed by atoms with E-state index in [4.69, 9.17) is 14.2 Å². The standard InChI is InChI=1S/C14H17IO5/c1-7(2)14(17)20-8(3)9-6-10(18-4)12(16)11(15)13(9)19-5/h6,8,16H,1H2,2-5H3. The molecule has 6 heteroatoms. The van der Waals surface area contributed by atoms with Gasteiger partial charge in [0.1, 0.15) is 15.4 Å². The zero-order chi connectivity index (χ0) is 15.4. The number of halogens is 1. The van der Waals surface area contributed by atoms with Crippen molar-refractivity contribution in [3.63, 3.8) is 0 Å². The molecular formula is C14H17IO5. The number of carbonyl (C=O) groups is 1. The minimum Gasteiger partial charge on any atom is -0.503 e. The van der Waals surface area contributed by atoms with Crippen LogP contribution in [0.3, 0.4) is 0 Å². The molecule has 1 aromatic carbocycles. The first kappa shape index (κ1) is 16.6. The van der Waals surface area contributed by atoms with Crippen LogP contribution in [0.25, 0.3) is 0 Å². The molecule has 1 unspecified atom stereocenters. The quantitative estimate of drug-likeness (QED) is 0.474. The fraction of sp³-hybridized carbons (Fsp3) is 0.357. The van der Waals surface area contributed by atoms with E-state index < -0.39 is 12.1 Å². The molecule has 0 aliphatic heterocycles. The van der Waals surface area contributed by atoms with E-state index in [1.165, 1.54) is 14.2 Å². The maximum absolute atomic E-state index is 11.6. The number of rotatable bonds is 5. The Bertz CT molecular complexity index is 539. The molecule has 1 aromatic rings. The highest BCUT2D eigenvalue weighted by Gasteiger charge is 2.23. The number of methoxy groups -OCH3 is 2. The highest BCUT2D eigenvalue weighted by Crippen LogP contribution is 2.43. The van der Waals surface area contributed by atoms with E-state index >= 15 is 0 Å². The van der Waals surface area contributed by atoms with Crippen LogP contribution in [0.15, 0.2) is 18.2 Å². The van der Waals surface area contributed by atoms with E-state index in [0.29, 0.717) is 26.2 Å². The lowest BCUT2D eigenvalue weighted by molar-refractivity contribution is -0.143. The Balaban J connectivity index is 3.25. The van der Waals surface area contributed by atoms with Gasteiger partial charge in [0, 0.05) is 11.1 Å². The van der Waals surface area contributed by atoms with Gasteiger partial charge in [-0.2, -0.15) is 0 Å². The Hall–Kier alpha value is -1.44. The van der Waals surface area contributed by atoms with E-state index in [1.807, 2.05) is 22.6 Å². The Morgan fingerprint density at radius 1 is 1.40 bits per heavy atom. The minimum absolute atomic E-state index is 0.00729. The minimum atomic E-state index is -0.558. The van der Waals surface area contributed by atoms with Gasteiger partial charge in [-0.25, -0.2) is 4.79 Å². The molecule has 0 heterocycles. The second-order valence-corrected chi connectivity index (χ2v) is 5.27. The smallest absolute Gasteiger partial charge is 0.333 e. The van der Waals surface area contributed by atoms with Gasteiger partial charge in [-0.3, -0.25) is 0 Å². The van der Waals surface area contributed by atoms with Crippen molar-refractivity contribution >= 4 is 28.6 Å². The third-order valence-electron chi connectivity index (χ3n) is 2.68. The predicted molar refractivity (Wildman–Crippen MR) is 83.2 cm³/mol. The molecule has 0 spiro atoms. The topological polar surface area (TPSA) is 65.0 Å². The maximum Gasteiger partial charge on any atom is 0.333 e. The molecule has 1 N–H and O–H groups in total. The number of hydrogen-bond donors (Lipinski definition) is 1. The third-order valence-corrected chi connectivity index (χ3v) is 3.68. The van der Waals surface area contributed by atoms with Crippen LogP contribution < -0.4 is 9.47 Å². The number of hydrogen-bond acceptors (Lipinski definition) is 5. The van der Waals surface area contributed by atoms with Crippen LogP contribution in [0.4, 0.5) is 0 Å². The monoisotopic (exact) mass is 392 g/mol. The molecule has 0 aliphatic rings. The summed E-state index contributed by atoms with van der Waals surface area (Å²) in [6, 6.07) is 1.59. The van der Waals surface area contributed by atoms with Crippen LogP contribution in [0.1, 0.15) is 25.5 Å². The maximum atomic E-state index is 11.6. The summed E-state index contributed by atoms with van der Waals surface area (Å²) in [6.45, 7) is 6.83. The Morgan fingerprint density at radius 3 is 2.45 bits per heavy atom. The zero-order valence-electron chi connectivity index (χ0n) is 11.8. The number of phenolic OH excluding ortho intramolecular Hbond substituents is 1.